The van der Waals surface area contributed by atoms with Gasteiger partial charge in [0.05, 0.1) is 20.5 Å². The molecule has 0 aliphatic rings. The molecule has 8 heteroatoms. The number of benzene rings is 2. The summed E-state index contributed by atoms with van der Waals surface area (Å²) in [7, 11) is 0. The van der Waals surface area contributed by atoms with Crippen molar-refractivity contribution in [2.75, 3.05) is 5.32 Å². The fraction of sp³-hybridized carbons (Fsp3) is 0.158. The highest BCUT2D eigenvalue weighted by molar-refractivity contribution is 8.02. The lowest BCUT2D eigenvalue weighted by atomic mass is 10.1. The van der Waals surface area contributed by atoms with Crippen LogP contribution in [0.15, 0.2) is 58.4 Å². The highest BCUT2D eigenvalue weighted by Gasteiger charge is 2.16. The molecule has 0 aliphatic carbocycles. The number of hydrogen-bond donors (Lipinski definition) is 1. The second-order valence-corrected chi connectivity index (χ2v) is 9.44. The van der Waals surface area contributed by atoms with E-state index in [2.05, 4.69) is 26.6 Å². The van der Waals surface area contributed by atoms with Crippen molar-refractivity contribution in [1.29, 1.82) is 0 Å². The molecule has 0 bridgehead atoms. The molecule has 0 saturated carbocycles. The van der Waals surface area contributed by atoms with Gasteiger partial charge in [-0.1, -0.05) is 47.4 Å². The van der Waals surface area contributed by atoms with Gasteiger partial charge in [-0.15, -0.1) is 21.5 Å². The standard InChI is InChI=1S/C19H16N4OS3/c1-12(26-19-23-20-11-25-19)18(24)21-14-8-6-13(7-9-14)10-17-22-15-4-2-3-5-16(15)27-17/h2-9,11-12H,10H2,1H3,(H,21,24)/t12-/m1/s1. The maximum atomic E-state index is 12.3. The number of rotatable bonds is 6. The van der Waals surface area contributed by atoms with Crippen molar-refractivity contribution in [2.24, 2.45) is 0 Å². The number of amides is 1. The highest BCUT2D eigenvalue weighted by atomic mass is 32.2. The van der Waals surface area contributed by atoms with Crippen molar-refractivity contribution >= 4 is 56.2 Å². The molecule has 0 fully saturated rings. The van der Waals surface area contributed by atoms with Crippen LogP contribution >= 0.6 is 34.4 Å². The quantitative estimate of drug-likeness (QED) is 0.458. The van der Waals surface area contributed by atoms with E-state index in [1.807, 2.05) is 49.4 Å². The zero-order valence-electron chi connectivity index (χ0n) is 14.5. The van der Waals surface area contributed by atoms with Crippen LogP contribution in [-0.4, -0.2) is 26.3 Å². The van der Waals surface area contributed by atoms with Crippen LogP contribution in [0.5, 0.6) is 0 Å². The third kappa shape index (κ3) is 4.52. The fourth-order valence-corrected chi connectivity index (χ4v) is 5.17. The first-order chi connectivity index (χ1) is 13.2. The van der Waals surface area contributed by atoms with Crippen LogP contribution in [0.2, 0.25) is 0 Å². The molecule has 4 rings (SSSR count). The summed E-state index contributed by atoms with van der Waals surface area (Å²) in [6, 6.07) is 16.1. The Kier molecular flexibility index (Phi) is 5.47. The number of thioether (sulfide) groups is 1. The monoisotopic (exact) mass is 412 g/mol. The summed E-state index contributed by atoms with van der Waals surface area (Å²) in [4.78, 5) is 17.0. The van der Waals surface area contributed by atoms with Gasteiger partial charge in [-0.05, 0) is 36.8 Å². The van der Waals surface area contributed by atoms with Gasteiger partial charge in [-0.3, -0.25) is 4.79 Å². The molecule has 1 N–H and O–H groups in total. The molecule has 5 nitrogen and oxygen atoms in total. The molecule has 0 spiro atoms. The van der Waals surface area contributed by atoms with E-state index in [-0.39, 0.29) is 11.2 Å². The van der Waals surface area contributed by atoms with E-state index in [1.54, 1.807) is 16.8 Å². The number of nitrogens with one attached hydrogen (secondary N) is 1. The molecule has 1 atom stereocenters. The van der Waals surface area contributed by atoms with E-state index < -0.39 is 0 Å². The normalized spacial score (nSPS) is 12.2. The van der Waals surface area contributed by atoms with Gasteiger partial charge in [0, 0.05) is 12.1 Å². The van der Waals surface area contributed by atoms with Crippen molar-refractivity contribution < 1.29 is 4.79 Å². The third-order valence-electron chi connectivity index (χ3n) is 3.90. The number of aromatic nitrogens is 3. The molecule has 0 unspecified atom stereocenters. The van der Waals surface area contributed by atoms with E-state index in [1.165, 1.54) is 33.4 Å². The summed E-state index contributed by atoms with van der Waals surface area (Å²) in [6.07, 6.45) is 0.789. The molecule has 0 saturated heterocycles. The van der Waals surface area contributed by atoms with Crippen LogP contribution in [0.25, 0.3) is 10.2 Å². The zero-order chi connectivity index (χ0) is 18.6. The first-order valence-electron chi connectivity index (χ1n) is 8.34. The van der Waals surface area contributed by atoms with Crippen LogP contribution in [0.1, 0.15) is 17.5 Å². The van der Waals surface area contributed by atoms with Crippen LogP contribution in [0.3, 0.4) is 0 Å². The molecule has 2 heterocycles. The van der Waals surface area contributed by atoms with E-state index in [4.69, 9.17) is 0 Å². The van der Waals surface area contributed by atoms with Gasteiger partial charge in [-0.25, -0.2) is 4.98 Å². The van der Waals surface area contributed by atoms with Gasteiger partial charge < -0.3 is 5.32 Å². The number of para-hydroxylation sites is 1. The third-order valence-corrected chi connectivity index (χ3v) is 6.85. The average Bonchev–Trinajstić information content (AvgIpc) is 3.32. The van der Waals surface area contributed by atoms with Crippen LogP contribution in [0.4, 0.5) is 5.69 Å². The lowest BCUT2D eigenvalue weighted by Gasteiger charge is -2.10. The number of carbonyl (C=O) groups is 1. The predicted molar refractivity (Wildman–Crippen MR) is 113 cm³/mol. The summed E-state index contributed by atoms with van der Waals surface area (Å²) in [5.74, 6) is -0.0471. The molecule has 2 aromatic heterocycles. The second kappa shape index (κ2) is 8.16. The Hall–Kier alpha value is -2.29. The second-order valence-electron chi connectivity index (χ2n) is 5.90. The number of carbonyl (C=O) groups excluding carboxylic acids is 1. The predicted octanol–water partition coefficient (Wildman–Crippen LogP) is 4.86. The maximum absolute atomic E-state index is 12.3. The van der Waals surface area contributed by atoms with Gasteiger partial charge in [0.2, 0.25) is 5.91 Å². The SMILES string of the molecule is C[C@@H](Sc1nncs1)C(=O)Nc1ccc(Cc2nc3ccccc3s2)cc1. The molecule has 1 amide bonds. The van der Waals surface area contributed by atoms with E-state index in [0.717, 1.165) is 27.0 Å². The smallest absolute Gasteiger partial charge is 0.237 e. The Balaban J connectivity index is 1.37. The minimum Gasteiger partial charge on any atom is -0.325 e. The fourth-order valence-electron chi connectivity index (χ4n) is 2.54. The number of anilines is 1. The highest BCUT2D eigenvalue weighted by Crippen LogP contribution is 2.26. The minimum atomic E-state index is -0.236. The van der Waals surface area contributed by atoms with Gasteiger partial charge in [-0.2, -0.15) is 0 Å². The van der Waals surface area contributed by atoms with Crippen LogP contribution in [0, 0.1) is 0 Å². The van der Waals surface area contributed by atoms with E-state index in [0.29, 0.717) is 0 Å². The summed E-state index contributed by atoms with van der Waals surface area (Å²) < 4.78 is 2.00. The average molecular weight is 413 g/mol. The molecule has 4 aromatic rings. The first kappa shape index (κ1) is 18.1. The van der Waals surface area contributed by atoms with Crippen molar-refractivity contribution in [2.45, 2.75) is 22.9 Å². The number of thiazole rings is 1. The number of fused-ring (bicyclic) bond motifs is 1. The summed E-state index contributed by atoms with van der Waals surface area (Å²) in [6.45, 7) is 1.86. The zero-order valence-corrected chi connectivity index (χ0v) is 16.9. The largest absolute Gasteiger partial charge is 0.325 e. The summed E-state index contributed by atoms with van der Waals surface area (Å²) in [5.41, 5.74) is 4.67. The van der Waals surface area contributed by atoms with Gasteiger partial charge in [0.1, 0.15) is 5.51 Å². The Bertz CT molecular complexity index is 1010. The molecule has 27 heavy (non-hydrogen) atoms. The van der Waals surface area contributed by atoms with Crippen molar-refractivity contribution in [3.63, 3.8) is 0 Å². The first-order valence-corrected chi connectivity index (χ1v) is 10.9. The topological polar surface area (TPSA) is 67.8 Å². The Labute approximate surface area is 168 Å². The van der Waals surface area contributed by atoms with Crippen molar-refractivity contribution in [3.8, 4) is 0 Å². The minimum absolute atomic E-state index is 0.0471. The summed E-state index contributed by atoms with van der Waals surface area (Å²) >= 11 is 4.56. The van der Waals surface area contributed by atoms with Crippen molar-refractivity contribution in [1.82, 2.24) is 15.2 Å². The van der Waals surface area contributed by atoms with Gasteiger partial charge in [0.15, 0.2) is 4.34 Å². The summed E-state index contributed by atoms with van der Waals surface area (Å²) in [5, 5.41) is 11.6. The molecular formula is C19H16N4OS3. The van der Waals surface area contributed by atoms with E-state index in [9.17, 15) is 4.79 Å². The number of nitrogens with zero attached hydrogens (tertiary/aromatic N) is 3. The number of hydrogen-bond acceptors (Lipinski definition) is 7. The van der Waals surface area contributed by atoms with E-state index >= 15 is 0 Å². The molecule has 136 valence electrons. The van der Waals surface area contributed by atoms with Crippen LogP contribution in [-0.2, 0) is 11.2 Å². The molecular weight excluding hydrogens is 396 g/mol. The molecule has 0 aliphatic heterocycles. The van der Waals surface area contributed by atoms with Gasteiger partial charge >= 0.3 is 0 Å². The maximum Gasteiger partial charge on any atom is 0.237 e. The Morgan fingerprint density at radius 3 is 2.74 bits per heavy atom. The lowest BCUT2D eigenvalue weighted by Crippen LogP contribution is -2.22. The lowest BCUT2D eigenvalue weighted by molar-refractivity contribution is -0.115. The Morgan fingerprint density at radius 1 is 1.19 bits per heavy atom. The van der Waals surface area contributed by atoms with Gasteiger partial charge in [0.25, 0.3) is 0 Å². The van der Waals surface area contributed by atoms with Crippen molar-refractivity contribution in [3.05, 3.63) is 64.6 Å². The van der Waals surface area contributed by atoms with Crippen LogP contribution < -0.4 is 5.32 Å². The molecule has 0 radical (unpaired) electrons. The Morgan fingerprint density at radius 2 is 2.00 bits per heavy atom. The molecule has 2 aromatic carbocycles.